The molecule has 0 amide bonds. The van der Waals surface area contributed by atoms with E-state index in [1.807, 2.05) is 0 Å². The third-order valence-corrected chi connectivity index (χ3v) is 1.95. The van der Waals surface area contributed by atoms with Crippen molar-refractivity contribution < 1.29 is 4.42 Å². The molecule has 0 aliphatic carbocycles. The number of aromatic nitrogens is 2. The van der Waals surface area contributed by atoms with E-state index in [0.717, 1.165) is 0 Å². The average Bonchev–Trinajstić information content (AvgIpc) is 2.52. The van der Waals surface area contributed by atoms with Gasteiger partial charge in [-0.05, 0) is 5.92 Å². The second-order valence-corrected chi connectivity index (χ2v) is 3.36. The molecular formula is C8H16N4O. The fraction of sp³-hybridized carbons (Fsp3) is 0.750. The largest absolute Gasteiger partial charge is 0.408 e. The first kappa shape index (κ1) is 9.98. The van der Waals surface area contributed by atoms with E-state index in [9.17, 15) is 0 Å². The summed E-state index contributed by atoms with van der Waals surface area (Å²) in [6, 6.07) is 0.510. The highest BCUT2D eigenvalue weighted by Gasteiger charge is 2.12. The van der Waals surface area contributed by atoms with Crippen molar-refractivity contribution in [3.05, 3.63) is 5.89 Å². The molecule has 0 radical (unpaired) electrons. The first-order valence-electron chi connectivity index (χ1n) is 4.39. The SMILES string of the molecule is CNc1nnc(C[C@@H](N)C(C)C)o1. The number of anilines is 1. The first-order valence-corrected chi connectivity index (χ1v) is 4.39. The van der Waals surface area contributed by atoms with Gasteiger partial charge in [0.05, 0.1) is 0 Å². The molecule has 0 spiro atoms. The minimum absolute atomic E-state index is 0.0742. The van der Waals surface area contributed by atoms with Gasteiger partial charge in [-0.1, -0.05) is 18.9 Å². The van der Waals surface area contributed by atoms with Crippen LogP contribution in [0.5, 0.6) is 0 Å². The maximum atomic E-state index is 5.85. The van der Waals surface area contributed by atoms with Gasteiger partial charge in [0.2, 0.25) is 5.89 Å². The summed E-state index contributed by atoms with van der Waals surface area (Å²) in [7, 11) is 1.74. The molecule has 0 aromatic carbocycles. The van der Waals surface area contributed by atoms with Crippen molar-refractivity contribution in [1.29, 1.82) is 0 Å². The molecule has 1 aromatic heterocycles. The summed E-state index contributed by atoms with van der Waals surface area (Å²) in [5.41, 5.74) is 5.85. The Morgan fingerprint density at radius 1 is 1.46 bits per heavy atom. The summed E-state index contributed by atoms with van der Waals surface area (Å²) in [6.45, 7) is 4.14. The van der Waals surface area contributed by atoms with E-state index in [1.54, 1.807) is 7.05 Å². The predicted molar refractivity (Wildman–Crippen MR) is 50.4 cm³/mol. The summed E-state index contributed by atoms with van der Waals surface area (Å²) in [4.78, 5) is 0. The Labute approximate surface area is 77.7 Å². The fourth-order valence-electron chi connectivity index (χ4n) is 0.874. The third-order valence-electron chi connectivity index (χ3n) is 1.95. The van der Waals surface area contributed by atoms with Gasteiger partial charge in [0.1, 0.15) is 0 Å². The van der Waals surface area contributed by atoms with Crippen LogP contribution in [-0.2, 0) is 6.42 Å². The molecule has 5 nitrogen and oxygen atoms in total. The van der Waals surface area contributed by atoms with Crippen molar-refractivity contribution in [2.75, 3.05) is 12.4 Å². The second kappa shape index (κ2) is 4.23. The van der Waals surface area contributed by atoms with E-state index in [1.165, 1.54) is 0 Å². The van der Waals surface area contributed by atoms with E-state index < -0.39 is 0 Å². The molecule has 5 heteroatoms. The van der Waals surface area contributed by atoms with Crippen molar-refractivity contribution in [2.24, 2.45) is 11.7 Å². The second-order valence-electron chi connectivity index (χ2n) is 3.36. The highest BCUT2D eigenvalue weighted by Crippen LogP contribution is 2.09. The normalized spacial score (nSPS) is 13.3. The lowest BCUT2D eigenvalue weighted by Gasteiger charge is -2.12. The fourth-order valence-corrected chi connectivity index (χ4v) is 0.874. The van der Waals surface area contributed by atoms with Gasteiger partial charge < -0.3 is 15.5 Å². The average molecular weight is 184 g/mol. The molecule has 0 saturated carbocycles. The number of hydrogen-bond donors (Lipinski definition) is 2. The van der Waals surface area contributed by atoms with Crippen molar-refractivity contribution in [2.45, 2.75) is 26.3 Å². The van der Waals surface area contributed by atoms with Crippen LogP contribution in [-0.4, -0.2) is 23.3 Å². The van der Waals surface area contributed by atoms with Gasteiger partial charge in [-0.25, -0.2) is 0 Å². The molecule has 1 atom stereocenters. The molecule has 74 valence electrons. The molecular weight excluding hydrogens is 168 g/mol. The first-order chi connectivity index (χ1) is 6.13. The lowest BCUT2D eigenvalue weighted by molar-refractivity contribution is 0.426. The molecule has 13 heavy (non-hydrogen) atoms. The van der Waals surface area contributed by atoms with Gasteiger partial charge in [-0.15, -0.1) is 5.10 Å². The monoisotopic (exact) mass is 184 g/mol. The predicted octanol–water partition coefficient (Wildman–Crippen LogP) is 0.637. The lowest BCUT2D eigenvalue weighted by Crippen LogP contribution is -2.28. The van der Waals surface area contributed by atoms with E-state index in [2.05, 4.69) is 29.4 Å². The van der Waals surface area contributed by atoms with Gasteiger partial charge in [-0.3, -0.25) is 0 Å². The molecule has 3 N–H and O–H groups in total. The molecule has 0 aliphatic rings. The van der Waals surface area contributed by atoms with Crippen molar-refractivity contribution in [1.82, 2.24) is 10.2 Å². The maximum Gasteiger partial charge on any atom is 0.315 e. The molecule has 1 aromatic rings. The van der Waals surface area contributed by atoms with Crippen LogP contribution in [0.25, 0.3) is 0 Å². The molecule has 1 heterocycles. The standard InChI is InChI=1S/C8H16N4O/c1-5(2)6(9)4-7-11-12-8(10-3)13-7/h5-6H,4,9H2,1-3H3,(H,10,12)/t6-/m1/s1. The van der Waals surface area contributed by atoms with Crippen molar-refractivity contribution in [3.63, 3.8) is 0 Å². The lowest BCUT2D eigenvalue weighted by atomic mass is 10.0. The molecule has 0 unspecified atom stereocenters. The van der Waals surface area contributed by atoms with Crippen molar-refractivity contribution in [3.8, 4) is 0 Å². The van der Waals surface area contributed by atoms with E-state index in [4.69, 9.17) is 10.2 Å². The number of hydrogen-bond acceptors (Lipinski definition) is 5. The summed E-state index contributed by atoms with van der Waals surface area (Å²) < 4.78 is 5.24. The van der Waals surface area contributed by atoms with E-state index >= 15 is 0 Å². The number of nitrogens with two attached hydrogens (primary N) is 1. The van der Waals surface area contributed by atoms with Crippen LogP contribution in [0.15, 0.2) is 4.42 Å². The summed E-state index contributed by atoms with van der Waals surface area (Å²) in [6.07, 6.45) is 0.631. The number of nitrogens with zero attached hydrogens (tertiary/aromatic N) is 2. The summed E-state index contributed by atoms with van der Waals surface area (Å²) in [5.74, 6) is 1.01. The quantitative estimate of drug-likeness (QED) is 0.718. The maximum absolute atomic E-state index is 5.85. The zero-order valence-electron chi connectivity index (χ0n) is 8.24. The number of rotatable bonds is 4. The minimum Gasteiger partial charge on any atom is -0.408 e. The summed E-state index contributed by atoms with van der Waals surface area (Å²) in [5, 5.41) is 10.4. The molecule has 0 bridgehead atoms. The van der Waals surface area contributed by atoms with Crippen LogP contribution in [0.1, 0.15) is 19.7 Å². The molecule has 1 rings (SSSR count). The smallest absolute Gasteiger partial charge is 0.315 e. The summed E-state index contributed by atoms with van der Waals surface area (Å²) >= 11 is 0. The van der Waals surface area contributed by atoms with Gasteiger partial charge in [-0.2, -0.15) is 0 Å². The minimum atomic E-state index is 0.0742. The van der Waals surface area contributed by atoms with Crippen LogP contribution in [0, 0.1) is 5.92 Å². The Bertz CT molecular complexity index is 258. The zero-order valence-corrected chi connectivity index (χ0v) is 8.24. The molecule has 0 aliphatic heterocycles. The van der Waals surface area contributed by atoms with Gasteiger partial charge in [0, 0.05) is 19.5 Å². The Morgan fingerprint density at radius 3 is 2.62 bits per heavy atom. The molecule has 0 fully saturated rings. The Kier molecular flexibility index (Phi) is 3.25. The Balaban J connectivity index is 2.53. The topological polar surface area (TPSA) is 77.0 Å². The van der Waals surface area contributed by atoms with Gasteiger partial charge in [0.15, 0.2) is 0 Å². The van der Waals surface area contributed by atoms with Gasteiger partial charge in [0.25, 0.3) is 0 Å². The van der Waals surface area contributed by atoms with Crippen LogP contribution in [0.2, 0.25) is 0 Å². The highest BCUT2D eigenvalue weighted by atomic mass is 16.4. The van der Waals surface area contributed by atoms with Gasteiger partial charge >= 0.3 is 6.01 Å². The highest BCUT2D eigenvalue weighted by molar-refractivity contribution is 5.14. The van der Waals surface area contributed by atoms with Crippen LogP contribution in [0.3, 0.4) is 0 Å². The van der Waals surface area contributed by atoms with Crippen LogP contribution >= 0.6 is 0 Å². The van der Waals surface area contributed by atoms with Crippen LogP contribution in [0.4, 0.5) is 6.01 Å². The Hall–Kier alpha value is -1.10. The number of nitrogens with one attached hydrogen (secondary N) is 1. The molecule has 0 saturated heterocycles. The van der Waals surface area contributed by atoms with Crippen molar-refractivity contribution >= 4 is 6.01 Å². The van der Waals surface area contributed by atoms with E-state index in [-0.39, 0.29) is 6.04 Å². The van der Waals surface area contributed by atoms with E-state index in [0.29, 0.717) is 24.2 Å². The van der Waals surface area contributed by atoms with Crippen LogP contribution < -0.4 is 11.1 Å². The third kappa shape index (κ3) is 2.69. The zero-order chi connectivity index (χ0) is 9.84. The Morgan fingerprint density at radius 2 is 2.15 bits per heavy atom.